The number of nitrogens with one attached hydrogen (secondary N) is 1. The van der Waals surface area contributed by atoms with Crippen molar-refractivity contribution in [2.75, 3.05) is 13.2 Å². The van der Waals surface area contributed by atoms with E-state index in [0.717, 1.165) is 0 Å². The van der Waals surface area contributed by atoms with Crippen molar-refractivity contribution in [1.82, 2.24) is 5.32 Å². The van der Waals surface area contributed by atoms with Crippen LogP contribution < -0.4 is 5.32 Å². The van der Waals surface area contributed by atoms with Crippen molar-refractivity contribution in [3.05, 3.63) is 12.7 Å². The molecule has 1 atom stereocenters. The minimum Gasteiger partial charge on any atom is -0.481 e. The second kappa shape index (κ2) is 7.71. The summed E-state index contributed by atoms with van der Waals surface area (Å²) >= 11 is 0. The Morgan fingerprint density at radius 2 is 2.06 bits per heavy atom. The number of carbonyl (C=O) groups is 2. The minimum absolute atomic E-state index is 0.0948. The van der Waals surface area contributed by atoms with E-state index in [1.54, 1.807) is 26.8 Å². The monoisotopic (exact) mass is 259 g/mol. The lowest BCUT2D eigenvalue weighted by Crippen LogP contribution is -2.42. The number of hydrogen-bond donors (Lipinski definition) is 2. The molecule has 0 saturated carbocycles. The minimum atomic E-state index is -1.02. The molecule has 0 rings (SSSR count). The summed E-state index contributed by atoms with van der Waals surface area (Å²) in [5.41, 5.74) is -0.625. The number of amides is 1. The SMILES string of the molecule is C=CCOC[C@@H](CC(=O)O)NC(=O)OC(C)(C)C. The fourth-order valence-corrected chi connectivity index (χ4v) is 1.13. The maximum absolute atomic E-state index is 11.5. The highest BCUT2D eigenvalue weighted by Gasteiger charge is 2.21. The van der Waals surface area contributed by atoms with Crippen LogP contribution in [-0.2, 0) is 14.3 Å². The van der Waals surface area contributed by atoms with Crippen molar-refractivity contribution in [2.45, 2.75) is 38.8 Å². The zero-order valence-corrected chi connectivity index (χ0v) is 11.1. The summed E-state index contributed by atoms with van der Waals surface area (Å²) in [5, 5.41) is 11.2. The van der Waals surface area contributed by atoms with E-state index in [1.165, 1.54) is 0 Å². The van der Waals surface area contributed by atoms with Gasteiger partial charge in [-0.3, -0.25) is 4.79 Å². The molecule has 0 aromatic heterocycles. The second-order valence-electron chi connectivity index (χ2n) is 4.77. The number of carboxylic acid groups (broad SMARTS) is 1. The van der Waals surface area contributed by atoms with E-state index in [1.807, 2.05) is 0 Å². The zero-order chi connectivity index (χ0) is 14.2. The fraction of sp³-hybridized carbons (Fsp3) is 0.667. The van der Waals surface area contributed by atoms with E-state index in [4.69, 9.17) is 14.6 Å². The summed E-state index contributed by atoms with van der Waals surface area (Å²) < 4.78 is 10.2. The van der Waals surface area contributed by atoms with Crippen LogP contribution in [0.25, 0.3) is 0 Å². The largest absolute Gasteiger partial charge is 0.481 e. The number of aliphatic carboxylic acids is 1. The zero-order valence-electron chi connectivity index (χ0n) is 11.1. The lowest BCUT2D eigenvalue weighted by atomic mass is 10.2. The van der Waals surface area contributed by atoms with E-state index in [2.05, 4.69) is 11.9 Å². The standard InChI is InChI=1S/C12H21NO5/c1-5-6-17-8-9(7-10(14)15)13-11(16)18-12(2,3)4/h5,9H,1,6-8H2,2-4H3,(H,13,16)(H,14,15)/t9-/m1/s1. The molecule has 18 heavy (non-hydrogen) atoms. The van der Waals surface area contributed by atoms with Crippen LogP contribution in [0.4, 0.5) is 4.79 Å². The van der Waals surface area contributed by atoms with Crippen molar-refractivity contribution < 1.29 is 24.2 Å². The van der Waals surface area contributed by atoms with Gasteiger partial charge in [0.05, 0.1) is 25.7 Å². The van der Waals surface area contributed by atoms with Crippen LogP contribution in [0, 0.1) is 0 Å². The summed E-state index contributed by atoms with van der Waals surface area (Å²) in [5.74, 6) is -1.02. The maximum atomic E-state index is 11.5. The Hall–Kier alpha value is -1.56. The Morgan fingerprint density at radius 3 is 2.50 bits per heavy atom. The first-order valence-corrected chi connectivity index (χ1v) is 5.64. The molecule has 6 nitrogen and oxygen atoms in total. The van der Waals surface area contributed by atoms with Gasteiger partial charge in [-0.1, -0.05) is 6.08 Å². The van der Waals surface area contributed by atoms with Crippen molar-refractivity contribution in [1.29, 1.82) is 0 Å². The highest BCUT2D eigenvalue weighted by molar-refractivity contribution is 5.71. The van der Waals surface area contributed by atoms with Gasteiger partial charge >= 0.3 is 12.1 Å². The highest BCUT2D eigenvalue weighted by Crippen LogP contribution is 2.07. The van der Waals surface area contributed by atoms with Gasteiger partial charge in [0.2, 0.25) is 0 Å². The van der Waals surface area contributed by atoms with Gasteiger partial charge < -0.3 is 19.9 Å². The molecule has 0 unspecified atom stereocenters. The molecule has 0 radical (unpaired) electrons. The Balaban J connectivity index is 4.25. The predicted octanol–water partition coefficient (Wildman–Crippen LogP) is 1.56. The van der Waals surface area contributed by atoms with Crippen LogP contribution >= 0.6 is 0 Å². The third kappa shape index (κ3) is 9.65. The molecule has 0 aromatic carbocycles. The summed E-state index contributed by atoms with van der Waals surface area (Å²) in [4.78, 5) is 22.1. The molecular formula is C12H21NO5. The van der Waals surface area contributed by atoms with Crippen LogP contribution in [0.1, 0.15) is 27.2 Å². The van der Waals surface area contributed by atoms with Crippen molar-refractivity contribution in [3.63, 3.8) is 0 Å². The van der Waals surface area contributed by atoms with Gasteiger partial charge in [0.1, 0.15) is 5.60 Å². The number of ether oxygens (including phenoxy) is 2. The van der Waals surface area contributed by atoms with Gasteiger partial charge in [-0.25, -0.2) is 4.79 Å². The summed E-state index contributed by atoms with van der Waals surface area (Å²) in [6.45, 7) is 9.05. The smallest absolute Gasteiger partial charge is 0.407 e. The average molecular weight is 259 g/mol. The predicted molar refractivity (Wildman–Crippen MR) is 66.4 cm³/mol. The van der Waals surface area contributed by atoms with E-state index in [0.29, 0.717) is 6.61 Å². The van der Waals surface area contributed by atoms with Crippen molar-refractivity contribution >= 4 is 12.1 Å². The number of alkyl carbamates (subject to hydrolysis) is 1. The van der Waals surface area contributed by atoms with Crippen molar-refractivity contribution in [3.8, 4) is 0 Å². The molecule has 6 heteroatoms. The van der Waals surface area contributed by atoms with Crippen LogP contribution in [-0.4, -0.2) is 42.0 Å². The first-order valence-electron chi connectivity index (χ1n) is 5.64. The third-order valence-corrected chi connectivity index (χ3v) is 1.70. The molecule has 0 bridgehead atoms. The van der Waals surface area contributed by atoms with Gasteiger partial charge in [-0.05, 0) is 20.8 Å². The van der Waals surface area contributed by atoms with Gasteiger partial charge in [-0.15, -0.1) is 6.58 Å². The normalized spacial score (nSPS) is 12.6. The molecule has 2 N–H and O–H groups in total. The summed E-state index contributed by atoms with van der Waals surface area (Å²) in [6, 6.07) is -0.628. The van der Waals surface area contributed by atoms with Gasteiger partial charge in [0.15, 0.2) is 0 Å². The molecular weight excluding hydrogens is 238 g/mol. The van der Waals surface area contributed by atoms with Crippen LogP contribution in [0.5, 0.6) is 0 Å². The number of carbonyl (C=O) groups excluding carboxylic acids is 1. The first kappa shape index (κ1) is 16.4. The lowest BCUT2D eigenvalue weighted by Gasteiger charge is -2.22. The topological polar surface area (TPSA) is 84.9 Å². The van der Waals surface area contributed by atoms with E-state index in [9.17, 15) is 9.59 Å². The van der Waals surface area contributed by atoms with Crippen LogP contribution in [0.15, 0.2) is 12.7 Å². The van der Waals surface area contributed by atoms with Crippen LogP contribution in [0.3, 0.4) is 0 Å². The third-order valence-electron chi connectivity index (χ3n) is 1.70. The quantitative estimate of drug-likeness (QED) is 0.535. The molecule has 0 aliphatic heterocycles. The van der Waals surface area contributed by atoms with Gasteiger partial charge in [-0.2, -0.15) is 0 Å². The molecule has 0 fully saturated rings. The Labute approximate surface area is 107 Å². The fourth-order valence-electron chi connectivity index (χ4n) is 1.13. The maximum Gasteiger partial charge on any atom is 0.407 e. The number of rotatable bonds is 7. The van der Waals surface area contributed by atoms with E-state index in [-0.39, 0.29) is 13.0 Å². The van der Waals surface area contributed by atoms with E-state index >= 15 is 0 Å². The Bertz CT molecular complexity index is 295. The molecule has 0 aliphatic carbocycles. The molecule has 0 aliphatic rings. The lowest BCUT2D eigenvalue weighted by molar-refractivity contribution is -0.137. The molecule has 0 saturated heterocycles. The highest BCUT2D eigenvalue weighted by atomic mass is 16.6. The number of carboxylic acids is 1. The molecule has 0 spiro atoms. The van der Waals surface area contributed by atoms with Crippen LogP contribution in [0.2, 0.25) is 0 Å². The number of hydrogen-bond acceptors (Lipinski definition) is 4. The molecule has 0 aromatic rings. The summed E-state index contributed by atoms with van der Waals surface area (Å²) in [6.07, 6.45) is 0.665. The Kier molecular flexibility index (Phi) is 7.04. The molecule has 1 amide bonds. The average Bonchev–Trinajstić information content (AvgIpc) is 2.13. The van der Waals surface area contributed by atoms with Gasteiger partial charge in [0, 0.05) is 0 Å². The Morgan fingerprint density at radius 1 is 1.44 bits per heavy atom. The van der Waals surface area contributed by atoms with E-state index < -0.39 is 23.7 Å². The first-order chi connectivity index (χ1) is 8.24. The second-order valence-corrected chi connectivity index (χ2v) is 4.77. The molecule has 104 valence electrons. The molecule has 0 heterocycles. The van der Waals surface area contributed by atoms with Crippen molar-refractivity contribution in [2.24, 2.45) is 0 Å². The summed E-state index contributed by atoms with van der Waals surface area (Å²) in [7, 11) is 0. The van der Waals surface area contributed by atoms with Gasteiger partial charge in [0.25, 0.3) is 0 Å².